The van der Waals surface area contributed by atoms with Crippen molar-refractivity contribution in [2.45, 2.75) is 5.41 Å². The smallest absolute Gasteiger partial charge is 0.0726 e. The number of anilines is 3. The number of benzene rings is 10. The van der Waals surface area contributed by atoms with Gasteiger partial charge in [-0.3, -0.25) is 0 Å². The maximum Gasteiger partial charge on any atom is 0.0726 e. The molecule has 0 aliphatic heterocycles. The Morgan fingerprint density at radius 1 is 0.393 bits per heavy atom. The molecular weight excluding hydrogens is 737 g/mol. The first kappa shape index (κ1) is 28.5. The Balaban J connectivity index is 1.15. The predicted molar refractivity (Wildman–Crippen MR) is 255 cm³/mol. The molecule has 2 heteroatoms. The summed E-state index contributed by atoms with van der Waals surface area (Å²) in [5, 5.41) is 2.84. The van der Waals surface area contributed by atoms with E-state index in [1.54, 1.807) is 0 Å². The van der Waals surface area contributed by atoms with E-state index in [0.29, 0.717) is 22.1 Å². The van der Waals surface area contributed by atoms with Crippen molar-refractivity contribution in [2.24, 2.45) is 0 Å². The number of nitrogens with zero attached hydrogens (tertiary/aromatic N) is 2. The molecule has 0 unspecified atom stereocenters. The highest BCUT2D eigenvalue weighted by atomic mass is 15.1. The molecule has 0 fully saturated rings. The number of hydrogen-bond acceptors (Lipinski definition) is 1. The quantitative estimate of drug-likeness (QED) is 0.169. The fourth-order valence-corrected chi connectivity index (χ4v) is 10.4. The van der Waals surface area contributed by atoms with Crippen LogP contribution >= 0.6 is 0 Å². The van der Waals surface area contributed by atoms with Gasteiger partial charge < -0.3 is 9.47 Å². The number of hydrogen-bond donors (Lipinski definition) is 0. The monoisotopic (exact) mass is 780 g/mol. The van der Waals surface area contributed by atoms with Crippen molar-refractivity contribution in [3.63, 3.8) is 0 Å². The van der Waals surface area contributed by atoms with Gasteiger partial charge >= 0.3 is 0 Å². The van der Waals surface area contributed by atoms with Crippen molar-refractivity contribution in [1.82, 2.24) is 4.57 Å². The van der Waals surface area contributed by atoms with Crippen LogP contribution in [0.5, 0.6) is 0 Å². The second kappa shape index (κ2) is 13.0. The van der Waals surface area contributed by atoms with Crippen LogP contribution in [0.15, 0.2) is 230 Å². The molecule has 0 saturated heterocycles. The van der Waals surface area contributed by atoms with E-state index in [1.807, 2.05) is 54.6 Å². The standard InChI is InChI=1S/C59H38N2/c1-3-15-39(16-4-1)40-29-31-43(32-30-40)60(45-34-36-50-49-23-9-12-28-56(49)61(57(50)38-45)42-19-5-2-6-20-42)44-33-35-48-51-24-13-17-41-18-14-27-54(58(41)51)59(55(48)37-44)52-25-10-7-21-46(52)47-22-8-11-26-53(47)59/h1-38H/i13D,14D,17D,18D,24D,27D. The minimum atomic E-state index is -1.18. The SMILES string of the molecule is [2H]c1c([2H])c2c3c(c([2H])c([2H])c([2H])c3c1[2H])C1(c3ccccc3-c3ccccc31)c1cc(N(c3ccc(-c4ccccc4)cc3)c3ccc4c5ccccc5n(-c5ccccc5)c4c3)ccc1-2. The normalized spacial score (nSPS) is 14.4. The molecule has 0 amide bonds. The molecule has 10 aromatic carbocycles. The lowest BCUT2D eigenvalue weighted by Gasteiger charge is -2.40. The largest absolute Gasteiger partial charge is 0.310 e. The molecular formula is C59H38N2. The summed E-state index contributed by atoms with van der Waals surface area (Å²) in [7, 11) is 0. The van der Waals surface area contributed by atoms with E-state index in [-0.39, 0.29) is 41.6 Å². The summed E-state index contributed by atoms with van der Waals surface area (Å²) in [6, 6.07) is 65.8. The highest BCUT2D eigenvalue weighted by molar-refractivity contribution is 6.11. The first-order valence-corrected chi connectivity index (χ1v) is 20.7. The van der Waals surface area contributed by atoms with Gasteiger partial charge in [-0.25, -0.2) is 0 Å². The third kappa shape index (κ3) is 4.79. The van der Waals surface area contributed by atoms with Crippen LogP contribution in [-0.2, 0) is 5.41 Å². The fourth-order valence-electron chi connectivity index (χ4n) is 10.4. The second-order valence-electron chi connectivity index (χ2n) is 16.0. The van der Waals surface area contributed by atoms with Crippen molar-refractivity contribution in [2.75, 3.05) is 4.90 Å². The van der Waals surface area contributed by atoms with Crippen molar-refractivity contribution < 1.29 is 8.22 Å². The van der Waals surface area contributed by atoms with E-state index < -0.39 is 5.41 Å². The van der Waals surface area contributed by atoms with Gasteiger partial charge in [0.2, 0.25) is 0 Å². The summed E-state index contributed by atoms with van der Waals surface area (Å²) >= 11 is 0. The van der Waals surface area contributed by atoms with Gasteiger partial charge in [0.1, 0.15) is 0 Å². The van der Waals surface area contributed by atoms with Crippen molar-refractivity contribution in [3.05, 3.63) is 253 Å². The zero-order valence-electron chi connectivity index (χ0n) is 38.9. The maximum absolute atomic E-state index is 9.88. The van der Waals surface area contributed by atoms with Gasteiger partial charge in [-0.05, 0) is 121 Å². The minimum Gasteiger partial charge on any atom is -0.310 e. The van der Waals surface area contributed by atoms with Gasteiger partial charge in [0, 0.05) is 33.5 Å². The highest BCUT2D eigenvalue weighted by Crippen LogP contribution is 2.62. The van der Waals surface area contributed by atoms with Crippen LogP contribution in [0, 0.1) is 0 Å². The minimum absolute atomic E-state index is 0.120. The Morgan fingerprint density at radius 2 is 0.967 bits per heavy atom. The van der Waals surface area contributed by atoms with Crippen LogP contribution < -0.4 is 4.90 Å². The second-order valence-corrected chi connectivity index (χ2v) is 16.0. The molecule has 1 heterocycles. The summed E-state index contributed by atoms with van der Waals surface area (Å²) in [6.07, 6.45) is 0. The molecule has 0 saturated carbocycles. The third-order valence-electron chi connectivity index (χ3n) is 12.9. The molecule has 61 heavy (non-hydrogen) atoms. The fraction of sp³-hybridized carbons (Fsp3) is 0.0169. The van der Waals surface area contributed by atoms with Gasteiger partial charge in [0.15, 0.2) is 0 Å². The summed E-state index contributed by atoms with van der Waals surface area (Å²) in [6.45, 7) is 0. The summed E-state index contributed by atoms with van der Waals surface area (Å²) < 4.78 is 58.5. The number of para-hydroxylation sites is 2. The Kier molecular flexibility index (Phi) is 6.08. The molecule has 1 aromatic heterocycles. The van der Waals surface area contributed by atoms with Crippen LogP contribution in [-0.4, -0.2) is 4.57 Å². The molecule has 13 rings (SSSR count). The lowest BCUT2D eigenvalue weighted by atomic mass is 9.61. The van der Waals surface area contributed by atoms with E-state index in [1.165, 1.54) is 0 Å². The van der Waals surface area contributed by atoms with Gasteiger partial charge in [0.25, 0.3) is 0 Å². The molecule has 2 aliphatic carbocycles. The first-order chi connectivity index (χ1) is 32.8. The van der Waals surface area contributed by atoms with Crippen LogP contribution in [0.1, 0.15) is 30.5 Å². The third-order valence-corrected chi connectivity index (χ3v) is 12.9. The van der Waals surface area contributed by atoms with Gasteiger partial charge in [0.05, 0.1) is 24.7 Å². The lowest BCUT2D eigenvalue weighted by molar-refractivity contribution is 0.773. The topological polar surface area (TPSA) is 8.17 Å². The lowest BCUT2D eigenvalue weighted by Crippen LogP contribution is -2.32. The van der Waals surface area contributed by atoms with E-state index in [9.17, 15) is 6.85 Å². The Morgan fingerprint density at radius 3 is 1.74 bits per heavy atom. The molecule has 0 N–H and O–H groups in total. The van der Waals surface area contributed by atoms with Crippen molar-refractivity contribution in [1.29, 1.82) is 0 Å². The molecule has 0 radical (unpaired) electrons. The maximum atomic E-state index is 9.88. The summed E-state index contributed by atoms with van der Waals surface area (Å²) in [5.74, 6) is 0. The van der Waals surface area contributed by atoms with Crippen molar-refractivity contribution >= 4 is 49.6 Å². The van der Waals surface area contributed by atoms with Crippen LogP contribution in [0.25, 0.3) is 71.6 Å². The Hall–Kier alpha value is -7.94. The van der Waals surface area contributed by atoms with Crippen LogP contribution in [0.3, 0.4) is 0 Å². The average Bonchev–Trinajstić information content (AvgIpc) is 3.86. The highest BCUT2D eigenvalue weighted by Gasteiger charge is 2.50. The molecule has 284 valence electrons. The van der Waals surface area contributed by atoms with E-state index in [2.05, 4.69) is 149 Å². The molecule has 2 aliphatic rings. The zero-order chi connectivity index (χ0) is 45.3. The number of aromatic nitrogens is 1. The molecule has 1 spiro atoms. The number of fused-ring (bicyclic) bond motifs is 12. The summed E-state index contributed by atoms with van der Waals surface area (Å²) in [4.78, 5) is 2.27. The van der Waals surface area contributed by atoms with Crippen LogP contribution in [0.4, 0.5) is 17.1 Å². The number of rotatable bonds is 5. The van der Waals surface area contributed by atoms with Gasteiger partial charge in [-0.15, -0.1) is 0 Å². The molecule has 0 bridgehead atoms. The molecule has 2 nitrogen and oxygen atoms in total. The molecule has 0 atom stereocenters. The predicted octanol–water partition coefficient (Wildman–Crippen LogP) is 15.4. The first-order valence-electron chi connectivity index (χ1n) is 23.7. The Labute approximate surface area is 363 Å². The molecule has 11 aromatic rings. The zero-order valence-corrected chi connectivity index (χ0v) is 32.9. The van der Waals surface area contributed by atoms with E-state index in [0.717, 1.165) is 83.5 Å². The summed E-state index contributed by atoms with van der Waals surface area (Å²) in [5.41, 5.74) is 13.1. The Bertz CT molecular complexity index is 3830. The van der Waals surface area contributed by atoms with Gasteiger partial charge in [-0.2, -0.15) is 0 Å². The van der Waals surface area contributed by atoms with Gasteiger partial charge in [-0.1, -0.05) is 176 Å². The van der Waals surface area contributed by atoms with E-state index >= 15 is 0 Å². The van der Waals surface area contributed by atoms with Crippen molar-refractivity contribution in [3.8, 4) is 39.1 Å². The van der Waals surface area contributed by atoms with E-state index in [4.69, 9.17) is 1.37 Å². The average molecular weight is 781 g/mol. The van der Waals surface area contributed by atoms with Crippen LogP contribution in [0.2, 0.25) is 0 Å².